The molecule has 2 aliphatic carbocycles. The van der Waals surface area contributed by atoms with Crippen LogP contribution in [0.3, 0.4) is 0 Å². The van der Waals surface area contributed by atoms with Gasteiger partial charge >= 0.3 is 0 Å². The van der Waals surface area contributed by atoms with Gasteiger partial charge in [0.1, 0.15) is 0 Å². The Morgan fingerprint density at radius 2 is 1.80 bits per heavy atom. The third-order valence-corrected chi connectivity index (χ3v) is 6.18. The van der Waals surface area contributed by atoms with Gasteiger partial charge in [0, 0.05) is 11.7 Å². The first-order valence-electron chi connectivity index (χ1n) is 8.38. The molecular formula is C18H26N2. The summed E-state index contributed by atoms with van der Waals surface area (Å²) in [6.45, 7) is 2.63. The largest absolute Gasteiger partial charge is 0.399 e. The average molecular weight is 270 g/mol. The van der Waals surface area contributed by atoms with Crippen LogP contribution in [0.2, 0.25) is 0 Å². The molecule has 2 nitrogen and oxygen atoms in total. The molecule has 1 atom stereocenters. The number of hydrogen-bond donors (Lipinski definition) is 1. The van der Waals surface area contributed by atoms with Crippen molar-refractivity contribution in [1.29, 1.82) is 0 Å². The number of rotatable bonds is 1. The van der Waals surface area contributed by atoms with E-state index in [1.54, 1.807) is 5.56 Å². The minimum absolute atomic E-state index is 0.671. The van der Waals surface area contributed by atoms with Crippen molar-refractivity contribution in [1.82, 2.24) is 4.90 Å². The Morgan fingerprint density at radius 1 is 1.05 bits per heavy atom. The molecule has 1 heterocycles. The number of anilines is 1. The summed E-state index contributed by atoms with van der Waals surface area (Å²) in [5, 5.41) is 0. The third kappa shape index (κ3) is 2.05. The molecule has 0 aromatic heterocycles. The van der Waals surface area contributed by atoms with E-state index >= 15 is 0 Å². The minimum Gasteiger partial charge on any atom is -0.399 e. The SMILES string of the molecule is Nc1ccc2c(c1)CCC2N1CCC2(CCCC2)CC1. The van der Waals surface area contributed by atoms with Crippen LogP contribution in [0.15, 0.2) is 18.2 Å². The summed E-state index contributed by atoms with van der Waals surface area (Å²) < 4.78 is 0. The van der Waals surface area contributed by atoms with Gasteiger partial charge < -0.3 is 5.73 Å². The maximum absolute atomic E-state index is 5.92. The topological polar surface area (TPSA) is 29.3 Å². The number of likely N-dealkylation sites (tertiary alicyclic amines) is 1. The number of fused-ring (bicyclic) bond motifs is 1. The van der Waals surface area contributed by atoms with Crippen LogP contribution < -0.4 is 5.73 Å². The third-order valence-electron chi connectivity index (χ3n) is 6.18. The van der Waals surface area contributed by atoms with E-state index < -0.39 is 0 Å². The summed E-state index contributed by atoms with van der Waals surface area (Å²) >= 11 is 0. The molecule has 1 unspecified atom stereocenters. The van der Waals surface area contributed by atoms with Gasteiger partial charge in [-0.2, -0.15) is 0 Å². The fourth-order valence-electron chi connectivity index (χ4n) is 4.93. The van der Waals surface area contributed by atoms with Crippen LogP contribution in [0.1, 0.15) is 62.1 Å². The van der Waals surface area contributed by atoms with Gasteiger partial charge in [0.05, 0.1) is 0 Å². The standard InChI is InChI=1S/C18H26N2/c19-15-4-5-16-14(13-15)3-6-17(16)20-11-9-18(10-12-20)7-1-2-8-18/h4-5,13,17H,1-3,6-12,19H2. The van der Waals surface area contributed by atoms with E-state index in [9.17, 15) is 0 Å². The zero-order valence-corrected chi connectivity index (χ0v) is 12.4. The molecule has 0 radical (unpaired) electrons. The number of benzene rings is 1. The smallest absolute Gasteiger partial charge is 0.0354 e. The molecule has 20 heavy (non-hydrogen) atoms. The molecule has 2 N–H and O–H groups in total. The summed E-state index contributed by atoms with van der Waals surface area (Å²) in [5.74, 6) is 0. The van der Waals surface area contributed by atoms with Gasteiger partial charge in [-0.1, -0.05) is 18.9 Å². The van der Waals surface area contributed by atoms with Crippen molar-refractivity contribution in [2.24, 2.45) is 5.41 Å². The monoisotopic (exact) mass is 270 g/mol. The Kier molecular flexibility index (Phi) is 3.03. The van der Waals surface area contributed by atoms with Crippen LogP contribution in [0, 0.1) is 5.41 Å². The van der Waals surface area contributed by atoms with E-state index in [1.165, 1.54) is 70.0 Å². The number of nitrogens with two attached hydrogens (primary N) is 1. The van der Waals surface area contributed by atoms with Gasteiger partial charge in [-0.25, -0.2) is 0 Å². The Morgan fingerprint density at radius 3 is 2.55 bits per heavy atom. The Hall–Kier alpha value is -1.02. The molecule has 2 heteroatoms. The number of piperidine rings is 1. The van der Waals surface area contributed by atoms with Crippen molar-refractivity contribution < 1.29 is 0 Å². The van der Waals surface area contributed by atoms with Crippen LogP contribution in [-0.2, 0) is 6.42 Å². The molecular weight excluding hydrogens is 244 g/mol. The van der Waals surface area contributed by atoms with Crippen LogP contribution >= 0.6 is 0 Å². The molecule has 1 saturated carbocycles. The van der Waals surface area contributed by atoms with Crippen LogP contribution in [0.25, 0.3) is 0 Å². The molecule has 2 fully saturated rings. The Labute approximate surface area is 122 Å². The highest BCUT2D eigenvalue weighted by atomic mass is 15.2. The summed E-state index contributed by atoms with van der Waals surface area (Å²) in [4.78, 5) is 2.76. The van der Waals surface area contributed by atoms with Crippen LogP contribution in [-0.4, -0.2) is 18.0 Å². The van der Waals surface area contributed by atoms with Crippen molar-refractivity contribution >= 4 is 5.69 Å². The molecule has 1 aromatic carbocycles. The van der Waals surface area contributed by atoms with Crippen molar-refractivity contribution in [3.63, 3.8) is 0 Å². The molecule has 3 aliphatic rings. The lowest BCUT2D eigenvalue weighted by Gasteiger charge is -2.42. The summed E-state index contributed by atoms with van der Waals surface area (Å²) in [7, 11) is 0. The lowest BCUT2D eigenvalue weighted by Crippen LogP contribution is -2.40. The first-order valence-corrected chi connectivity index (χ1v) is 8.38. The van der Waals surface area contributed by atoms with Crippen molar-refractivity contribution in [3.05, 3.63) is 29.3 Å². The van der Waals surface area contributed by atoms with E-state index in [2.05, 4.69) is 23.1 Å². The maximum atomic E-state index is 5.92. The second kappa shape index (κ2) is 4.77. The maximum Gasteiger partial charge on any atom is 0.0354 e. The highest BCUT2D eigenvalue weighted by Gasteiger charge is 2.39. The number of aryl methyl sites for hydroxylation is 1. The predicted molar refractivity (Wildman–Crippen MR) is 83.6 cm³/mol. The average Bonchev–Trinajstić information content (AvgIpc) is 3.07. The Bertz CT molecular complexity index is 492. The molecule has 1 aromatic rings. The van der Waals surface area contributed by atoms with Crippen molar-refractivity contribution in [2.75, 3.05) is 18.8 Å². The predicted octanol–water partition coefficient (Wildman–Crippen LogP) is 3.91. The van der Waals surface area contributed by atoms with E-state index in [0.717, 1.165) is 11.1 Å². The molecule has 1 spiro atoms. The molecule has 0 amide bonds. The number of hydrogen-bond acceptors (Lipinski definition) is 2. The highest BCUT2D eigenvalue weighted by Crippen LogP contribution is 2.48. The lowest BCUT2D eigenvalue weighted by atomic mass is 9.76. The van der Waals surface area contributed by atoms with Crippen LogP contribution in [0.5, 0.6) is 0 Å². The first-order chi connectivity index (χ1) is 9.76. The second-order valence-corrected chi connectivity index (χ2v) is 7.26. The molecule has 108 valence electrons. The molecule has 1 saturated heterocycles. The summed E-state index contributed by atoms with van der Waals surface area (Å²) in [5.41, 5.74) is 10.6. The van der Waals surface area contributed by atoms with E-state index in [1.807, 2.05) is 0 Å². The van der Waals surface area contributed by atoms with Gasteiger partial charge in [0.2, 0.25) is 0 Å². The summed E-state index contributed by atoms with van der Waals surface area (Å²) in [6, 6.07) is 7.23. The molecule has 0 bridgehead atoms. The molecule has 4 rings (SSSR count). The fourth-order valence-corrected chi connectivity index (χ4v) is 4.93. The van der Waals surface area contributed by atoms with Gasteiger partial charge in [-0.3, -0.25) is 4.90 Å². The van der Waals surface area contributed by atoms with E-state index in [4.69, 9.17) is 5.73 Å². The van der Waals surface area contributed by atoms with Gasteiger partial charge in [-0.15, -0.1) is 0 Å². The van der Waals surface area contributed by atoms with E-state index in [-0.39, 0.29) is 0 Å². The zero-order valence-electron chi connectivity index (χ0n) is 12.4. The van der Waals surface area contributed by atoms with Gasteiger partial charge in [0.15, 0.2) is 0 Å². The minimum atomic E-state index is 0.671. The zero-order chi connectivity index (χ0) is 13.6. The normalized spacial score (nSPS) is 28.9. The van der Waals surface area contributed by atoms with Gasteiger partial charge in [-0.05, 0) is 80.3 Å². The Balaban J connectivity index is 1.48. The summed E-state index contributed by atoms with van der Waals surface area (Å²) in [6.07, 6.45) is 11.3. The number of nitrogens with zero attached hydrogens (tertiary/aromatic N) is 1. The quantitative estimate of drug-likeness (QED) is 0.784. The first kappa shape index (κ1) is 12.7. The van der Waals surface area contributed by atoms with Crippen molar-refractivity contribution in [3.8, 4) is 0 Å². The van der Waals surface area contributed by atoms with Crippen LogP contribution in [0.4, 0.5) is 5.69 Å². The van der Waals surface area contributed by atoms with E-state index in [0.29, 0.717) is 6.04 Å². The second-order valence-electron chi connectivity index (χ2n) is 7.26. The lowest BCUT2D eigenvalue weighted by molar-refractivity contribution is 0.0758. The van der Waals surface area contributed by atoms with Crippen molar-refractivity contribution in [2.45, 2.75) is 57.4 Å². The highest BCUT2D eigenvalue weighted by molar-refractivity contribution is 5.47. The number of nitrogen functional groups attached to an aromatic ring is 1. The van der Waals surface area contributed by atoms with Gasteiger partial charge in [0.25, 0.3) is 0 Å². The fraction of sp³-hybridized carbons (Fsp3) is 0.667. The molecule has 1 aliphatic heterocycles.